The van der Waals surface area contributed by atoms with Crippen LogP contribution in [0.2, 0.25) is 0 Å². The Morgan fingerprint density at radius 1 is 1.05 bits per heavy atom. The minimum absolute atomic E-state index is 0.0117. The maximum atomic E-state index is 14.4. The van der Waals surface area contributed by atoms with Crippen LogP contribution >= 0.6 is 0 Å². The summed E-state index contributed by atoms with van der Waals surface area (Å²) in [6.45, 7) is 5.57. The van der Waals surface area contributed by atoms with Crippen molar-refractivity contribution in [1.29, 1.82) is 0 Å². The molecule has 0 saturated carbocycles. The van der Waals surface area contributed by atoms with E-state index < -0.39 is 34.8 Å². The molecule has 1 heterocycles. The molecule has 0 aliphatic carbocycles. The Hall–Kier alpha value is -3.87. The normalized spacial score (nSPS) is 17.2. The minimum Gasteiger partial charge on any atom is -0.472 e. The second-order valence-corrected chi connectivity index (χ2v) is 8.73. The zero-order chi connectivity index (χ0) is 27.0. The third-order valence-electron chi connectivity index (χ3n) is 6.65. The number of alkyl halides is 3. The number of amides is 1. The first-order chi connectivity index (χ1) is 17.5. The lowest BCUT2D eigenvalue weighted by atomic mass is 9.83. The highest BCUT2D eigenvalue weighted by molar-refractivity contribution is 6.10. The van der Waals surface area contributed by atoms with Crippen molar-refractivity contribution in [3.63, 3.8) is 0 Å². The van der Waals surface area contributed by atoms with Gasteiger partial charge in [-0.1, -0.05) is 56.2 Å². The van der Waals surface area contributed by atoms with Gasteiger partial charge in [-0.2, -0.15) is 13.2 Å². The zero-order valence-electron chi connectivity index (χ0n) is 20.3. The predicted octanol–water partition coefficient (Wildman–Crippen LogP) is 4.22. The summed E-state index contributed by atoms with van der Waals surface area (Å²) in [4.78, 5) is 27.9. The summed E-state index contributed by atoms with van der Waals surface area (Å²) in [5.74, 6) is 1.64. The number of hydrogen-bond acceptors (Lipinski definition) is 4. The number of hydrogen-bond donors (Lipinski definition) is 2. The third kappa shape index (κ3) is 4.78. The van der Waals surface area contributed by atoms with E-state index in [0.717, 1.165) is 10.3 Å². The Morgan fingerprint density at radius 2 is 1.73 bits per heavy atom. The summed E-state index contributed by atoms with van der Waals surface area (Å²) < 4.78 is 43.2. The van der Waals surface area contributed by atoms with Crippen molar-refractivity contribution in [2.45, 2.75) is 25.6 Å². The molecule has 3 aromatic rings. The average molecular weight is 511 g/mol. The molecule has 4 rings (SSSR count). The Balaban J connectivity index is 1.99. The molecule has 192 valence electrons. The number of carboxylic acid groups (broad SMARTS) is 1. The van der Waals surface area contributed by atoms with Crippen molar-refractivity contribution >= 4 is 28.3 Å². The van der Waals surface area contributed by atoms with E-state index >= 15 is 0 Å². The lowest BCUT2D eigenvalue weighted by Gasteiger charge is -2.26. The van der Waals surface area contributed by atoms with Crippen LogP contribution in [0, 0.1) is 11.8 Å². The molecule has 37 heavy (non-hydrogen) atoms. The van der Waals surface area contributed by atoms with Crippen molar-refractivity contribution < 1.29 is 33.0 Å². The van der Waals surface area contributed by atoms with E-state index in [1.165, 1.54) is 18.2 Å². The summed E-state index contributed by atoms with van der Waals surface area (Å²) in [5, 5.41) is 22.3. The van der Waals surface area contributed by atoms with Crippen molar-refractivity contribution in [2.75, 3.05) is 31.1 Å². The summed E-state index contributed by atoms with van der Waals surface area (Å²) in [7, 11) is 0. The van der Waals surface area contributed by atoms with Crippen LogP contribution < -0.4 is 4.90 Å². The van der Waals surface area contributed by atoms with Gasteiger partial charge in [-0.25, -0.2) is 4.79 Å². The SMILES string of the molecule is CCN(CC)CCN1C(=O)C(O)(c2ccc3ccccc3c2)c2c1cc(C#CC(=O)O)cc2C(F)(F)F. The van der Waals surface area contributed by atoms with Crippen LogP contribution in [0.1, 0.15) is 36.1 Å². The number of fused-ring (bicyclic) bond motifs is 2. The molecule has 0 fully saturated rings. The molecule has 0 saturated heterocycles. The molecular weight excluding hydrogens is 485 g/mol. The number of carbonyl (C=O) groups is 2. The monoisotopic (exact) mass is 510 g/mol. The Labute approximate surface area is 211 Å². The Kier molecular flexibility index (Phi) is 7.00. The van der Waals surface area contributed by atoms with Gasteiger partial charge in [0.15, 0.2) is 5.60 Å². The lowest BCUT2D eigenvalue weighted by molar-refractivity contribution is -0.142. The van der Waals surface area contributed by atoms with Crippen molar-refractivity contribution in [1.82, 2.24) is 4.90 Å². The van der Waals surface area contributed by atoms with Crippen molar-refractivity contribution in [2.24, 2.45) is 0 Å². The average Bonchev–Trinajstić information content (AvgIpc) is 3.09. The quantitative estimate of drug-likeness (QED) is 0.486. The number of anilines is 1. The summed E-state index contributed by atoms with van der Waals surface area (Å²) >= 11 is 0. The van der Waals surface area contributed by atoms with Gasteiger partial charge in [0.25, 0.3) is 5.91 Å². The van der Waals surface area contributed by atoms with E-state index in [1.54, 1.807) is 18.2 Å². The van der Waals surface area contributed by atoms with Gasteiger partial charge in [-0.15, -0.1) is 0 Å². The number of benzene rings is 3. The molecule has 3 aromatic carbocycles. The standard InChI is InChI=1S/C28H25F3N2O4/c1-3-32(4-2)13-14-33-23-16-18(9-12-24(34)35)15-22(28(29,30)31)25(23)27(37,26(33)36)21-11-10-19-7-5-6-8-20(19)17-21/h5-8,10-11,15-17,37H,3-4,13-14H2,1-2H3,(H,34,35). The van der Waals surface area contributed by atoms with E-state index in [-0.39, 0.29) is 23.4 Å². The van der Waals surface area contributed by atoms with Crippen LogP contribution in [0.25, 0.3) is 10.8 Å². The van der Waals surface area contributed by atoms with Gasteiger partial charge in [0.05, 0.1) is 11.3 Å². The molecule has 1 unspecified atom stereocenters. The molecule has 0 bridgehead atoms. The van der Waals surface area contributed by atoms with Crippen LogP contribution in [0.5, 0.6) is 0 Å². The fourth-order valence-corrected chi connectivity index (χ4v) is 4.74. The molecular formula is C28H25F3N2O4. The first kappa shape index (κ1) is 26.2. The maximum Gasteiger partial charge on any atom is 0.416 e. The number of likely N-dealkylation sites (N-methyl/N-ethyl adjacent to an activating group) is 1. The molecule has 0 spiro atoms. The van der Waals surface area contributed by atoms with E-state index in [9.17, 15) is 27.9 Å². The smallest absolute Gasteiger partial charge is 0.416 e. The number of halogens is 3. The molecule has 1 aliphatic heterocycles. The first-order valence-electron chi connectivity index (χ1n) is 11.8. The van der Waals surface area contributed by atoms with E-state index in [1.807, 2.05) is 36.8 Å². The molecule has 2 N–H and O–H groups in total. The number of rotatable bonds is 6. The van der Waals surface area contributed by atoms with E-state index in [4.69, 9.17) is 5.11 Å². The summed E-state index contributed by atoms with van der Waals surface area (Å²) in [6, 6.07) is 13.7. The number of carboxylic acids is 1. The Bertz CT molecular complexity index is 1440. The van der Waals surface area contributed by atoms with Crippen LogP contribution in [0.4, 0.5) is 18.9 Å². The molecule has 9 heteroatoms. The van der Waals surface area contributed by atoms with Gasteiger partial charge in [-0.05, 0) is 47.6 Å². The second-order valence-electron chi connectivity index (χ2n) is 8.73. The highest BCUT2D eigenvalue weighted by Gasteiger charge is 2.55. The number of carbonyl (C=O) groups excluding carboxylic acids is 1. The largest absolute Gasteiger partial charge is 0.472 e. The van der Waals surface area contributed by atoms with E-state index in [2.05, 4.69) is 5.92 Å². The summed E-state index contributed by atoms with van der Waals surface area (Å²) in [6.07, 6.45) is -4.95. The number of aliphatic hydroxyl groups is 1. The third-order valence-corrected chi connectivity index (χ3v) is 6.65. The Morgan fingerprint density at radius 3 is 2.35 bits per heavy atom. The highest BCUT2D eigenvalue weighted by atomic mass is 19.4. The first-order valence-corrected chi connectivity index (χ1v) is 11.8. The second kappa shape index (κ2) is 9.88. The van der Waals surface area contributed by atoms with Gasteiger partial charge in [0, 0.05) is 30.1 Å². The van der Waals surface area contributed by atoms with Crippen LogP contribution in [0.15, 0.2) is 54.6 Å². The van der Waals surface area contributed by atoms with Gasteiger partial charge in [-0.3, -0.25) is 4.79 Å². The number of aliphatic carboxylic acids is 1. The van der Waals surface area contributed by atoms with Crippen molar-refractivity contribution in [3.8, 4) is 11.8 Å². The molecule has 0 radical (unpaired) electrons. The fraction of sp³-hybridized carbons (Fsp3) is 0.286. The van der Waals surface area contributed by atoms with Crippen LogP contribution in [-0.4, -0.2) is 53.2 Å². The fourth-order valence-electron chi connectivity index (χ4n) is 4.74. The minimum atomic E-state index is -4.95. The number of nitrogens with zero attached hydrogens (tertiary/aromatic N) is 2. The van der Waals surface area contributed by atoms with Crippen molar-refractivity contribution in [3.05, 3.63) is 76.9 Å². The van der Waals surface area contributed by atoms with E-state index in [0.29, 0.717) is 31.1 Å². The van der Waals surface area contributed by atoms with Gasteiger partial charge in [0.1, 0.15) is 0 Å². The predicted molar refractivity (Wildman–Crippen MR) is 133 cm³/mol. The van der Waals surface area contributed by atoms with Gasteiger partial charge in [0.2, 0.25) is 0 Å². The molecule has 0 aromatic heterocycles. The van der Waals surface area contributed by atoms with Crippen LogP contribution in [-0.2, 0) is 21.4 Å². The van der Waals surface area contributed by atoms with Gasteiger partial charge >= 0.3 is 12.1 Å². The zero-order valence-corrected chi connectivity index (χ0v) is 20.3. The summed E-state index contributed by atoms with van der Waals surface area (Å²) in [5.41, 5.74) is -4.78. The van der Waals surface area contributed by atoms with Crippen LogP contribution in [0.3, 0.4) is 0 Å². The molecule has 1 aliphatic rings. The highest BCUT2D eigenvalue weighted by Crippen LogP contribution is 2.50. The lowest BCUT2D eigenvalue weighted by Crippen LogP contribution is -2.44. The molecule has 1 atom stereocenters. The molecule has 6 nitrogen and oxygen atoms in total. The van der Waals surface area contributed by atoms with Gasteiger partial charge < -0.3 is 20.0 Å². The topological polar surface area (TPSA) is 81.1 Å². The molecule has 1 amide bonds. The maximum absolute atomic E-state index is 14.4.